The average Bonchev–Trinajstić information content (AvgIpc) is 3.00. The maximum atomic E-state index is 13.4. The van der Waals surface area contributed by atoms with Gasteiger partial charge in [0.25, 0.3) is 15.9 Å². The van der Waals surface area contributed by atoms with E-state index >= 15 is 0 Å². The third-order valence-electron chi connectivity index (χ3n) is 6.87. The van der Waals surface area contributed by atoms with Crippen LogP contribution in [-0.2, 0) is 33.6 Å². The number of rotatable bonds is 7. The zero-order valence-corrected chi connectivity index (χ0v) is 26.7. The molecule has 12 heteroatoms. The highest BCUT2D eigenvalue weighted by Gasteiger charge is 2.51. The van der Waals surface area contributed by atoms with Gasteiger partial charge >= 0.3 is 13.2 Å². The first-order valence-corrected chi connectivity index (χ1v) is 15.1. The molecule has 0 aromatic heterocycles. The number of hydrogen-bond donors (Lipinski definition) is 2. The first kappa shape index (κ1) is 32.8. The maximum Gasteiger partial charge on any atom is 0.494 e. The summed E-state index contributed by atoms with van der Waals surface area (Å²) in [7, 11) is -4.94. The number of nitrogens with one attached hydrogen (secondary N) is 2. The van der Waals surface area contributed by atoms with E-state index in [-0.39, 0.29) is 4.90 Å². The quantitative estimate of drug-likeness (QED) is 0.463. The van der Waals surface area contributed by atoms with E-state index in [2.05, 4.69) is 10.0 Å². The largest absolute Gasteiger partial charge is 0.494 e. The number of carbonyl (C=O) groups is 2. The van der Waals surface area contributed by atoms with Crippen LogP contribution in [0.2, 0.25) is 0 Å². The van der Waals surface area contributed by atoms with Crippen LogP contribution in [0.4, 0.5) is 4.79 Å². The molecule has 1 aliphatic heterocycles. The van der Waals surface area contributed by atoms with Gasteiger partial charge in [0.05, 0.1) is 27.8 Å². The van der Waals surface area contributed by atoms with E-state index < -0.39 is 63.7 Å². The van der Waals surface area contributed by atoms with Crippen LogP contribution in [0.3, 0.4) is 0 Å². The molecule has 3 rings (SSSR count). The van der Waals surface area contributed by atoms with Crippen molar-refractivity contribution >= 4 is 45.4 Å². The van der Waals surface area contributed by atoms with E-state index in [0.717, 1.165) is 10.8 Å². The summed E-state index contributed by atoms with van der Waals surface area (Å²) < 4.78 is 52.3. The SMILES string of the molecule is C[C@@H](OC(C)(C)C)[C@H](NC(=O)OC(C)(C)C)C(=O)NS(=O)(=O)c1ccc2ccc(B3OC(C)(C)C(C)(C)O3)cc2c1. The summed E-state index contributed by atoms with van der Waals surface area (Å²) in [5.74, 6) is -0.960. The van der Waals surface area contributed by atoms with Crippen LogP contribution in [0.15, 0.2) is 41.3 Å². The maximum absolute atomic E-state index is 13.4. The Morgan fingerprint density at radius 1 is 0.878 bits per heavy atom. The number of amides is 2. The van der Waals surface area contributed by atoms with Crippen LogP contribution in [0.5, 0.6) is 0 Å². The standard InChI is InChI=1S/C29H43BN2O8S/c1-18(37-26(2,3)4)23(31-25(34)38-27(5,6)7)24(33)32-41(35,36)22-15-13-19-12-14-21(16-20(19)17-22)30-39-28(8,9)29(10,11)40-30/h12-18,23H,1-11H3,(H,31,34)(H,32,33)/t18-,23+/m1/s1. The predicted molar refractivity (Wildman–Crippen MR) is 158 cm³/mol. The zero-order valence-electron chi connectivity index (χ0n) is 25.9. The molecule has 0 bridgehead atoms. The normalized spacial score (nSPS) is 18.6. The van der Waals surface area contributed by atoms with Crippen LogP contribution in [0.1, 0.15) is 76.2 Å². The molecule has 0 spiro atoms. The fourth-order valence-electron chi connectivity index (χ4n) is 4.25. The Morgan fingerprint density at radius 3 is 1.98 bits per heavy atom. The molecule has 1 saturated heterocycles. The molecule has 2 N–H and O–H groups in total. The second kappa shape index (κ2) is 11.2. The predicted octanol–water partition coefficient (Wildman–Crippen LogP) is 4.04. The van der Waals surface area contributed by atoms with Gasteiger partial charge < -0.3 is 24.1 Å². The number of fused-ring (bicyclic) bond motifs is 1. The summed E-state index contributed by atoms with van der Waals surface area (Å²) in [5, 5.41) is 3.88. The topological polar surface area (TPSA) is 129 Å². The van der Waals surface area contributed by atoms with E-state index in [1.54, 1.807) is 54.5 Å². The van der Waals surface area contributed by atoms with Gasteiger partial charge in [0.2, 0.25) is 0 Å². The van der Waals surface area contributed by atoms with E-state index in [1.807, 2.05) is 45.9 Å². The molecule has 41 heavy (non-hydrogen) atoms. The molecule has 0 radical (unpaired) electrons. The molecule has 10 nitrogen and oxygen atoms in total. The third kappa shape index (κ3) is 8.21. The molecule has 0 unspecified atom stereocenters. The summed E-state index contributed by atoms with van der Waals surface area (Å²) >= 11 is 0. The van der Waals surface area contributed by atoms with Gasteiger partial charge in [0, 0.05) is 0 Å². The average molecular weight is 591 g/mol. The molecule has 0 saturated carbocycles. The van der Waals surface area contributed by atoms with Gasteiger partial charge in [-0.3, -0.25) is 4.79 Å². The summed E-state index contributed by atoms with van der Waals surface area (Å²) in [4.78, 5) is 25.7. The van der Waals surface area contributed by atoms with Gasteiger partial charge in [-0.15, -0.1) is 0 Å². The molecule has 1 heterocycles. The first-order chi connectivity index (χ1) is 18.5. The lowest BCUT2D eigenvalue weighted by molar-refractivity contribution is -0.129. The number of alkyl carbamates (subject to hydrolysis) is 1. The van der Waals surface area contributed by atoms with Crippen LogP contribution < -0.4 is 15.5 Å². The molecule has 226 valence electrons. The third-order valence-corrected chi connectivity index (χ3v) is 8.21. The lowest BCUT2D eigenvalue weighted by atomic mass is 9.78. The van der Waals surface area contributed by atoms with Crippen molar-refractivity contribution in [2.24, 2.45) is 0 Å². The zero-order chi connectivity index (χ0) is 31.2. The lowest BCUT2D eigenvalue weighted by Gasteiger charge is -2.32. The number of ether oxygens (including phenoxy) is 2. The first-order valence-electron chi connectivity index (χ1n) is 13.6. The monoisotopic (exact) mass is 590 g/mol. The Labute approximate surface area is 244 Å². The van der Waals surface area contributed by atoms with E-state index in [4.69, 9.17) is 18.8 Å². The van der Waals surface area contributed by atoms with Crippen molar-refractivity contribution in [3.63, 3.8) is 0 Å². The van der Waals surface area contributed by atoms with Gasteiger partial charge in [0.15, 0.2) is 0 Å². The fourth-order valence-corrected chi connectivity index (χ4v) is 5.29. The van der Waals surface area contributed by atoms with Crippen LogP contribution >= 0.6 is 0 Å². The van der Waals surface area contributed by atoms with Gasteiger partial charge in [0.1, 0.15) is 11.6 Å². The molecular weight excluding hydrogens is 547 g/mol. The molecular formula is C29H43BN2O8S. The van der Waals surface area contributed by atoms with Crippen molar-refractivity contribution in [3.8, 4) is 0 Å². The van der Waals surface area contributed by atoms with E-state index in [9.17, 15) is 18.0 Å². The minimum atomic E-state index is -4.32. The second-order valence-corrected chi connectivity index (χ2v) is 15.1. The van der Waals surface area contributed by atoms with Crippen molar-refractivity contribution < 1.29 is 36.8 Å². The van der Waals surface area contributed by atoms with Crippen LogP contribution in [0, 0.1) is 0 Å². The van der Waals surface area contributed by atoms with Crippen molar-refractivity contribution in [2.75, 3.05) is 0 Å². The number of hydrogen-bond acceptors (Lipinski definition) is 8. The number of sulfonamides is 1. The molecule has 1 fully saturated rings. The van der Waals surface area contributed by atoms with Crippen molar-refractivity contribution in [2.45, 2.75) is 116 Å². The highest BCUT2D eigenvalue weighted by atomic mass is 32.2. The molecule has 2 aromatic carbocycles. The molecule has 0 aliphatic carbocycles. The number of benzene rings is 2. The Hall–Kier alpha value is -2.67. The molecule has 2 atom stereocenters. The van der Waals surface area contributed by atoms with Crippen molar-refractivity contribution in [1.82, 2.24) is 10.0 Å². The Morgan fingerprint density at radius 2 is 1.44 bits per heavy atom. The second-order valence-electron chi connectivity index (χ2n) is 13.4. The van der Waals surface area contributed by atoms with Gasteiger partial charge in [-0.1, -0.05) is 24.3 Å². The van der Waals surface area contributed by atoms with E-state index in [1.165, 1.54) is 12.1 Å². The molecule has 2 amide bonds. The highest BCUT2D eigenvalue weighted by Crippen LogP contribution is 2.36. The summed E-state index contributed by atoms with van der Waals surface area (Å²) in [6.45, 7) is 19.8. The minimum absolute atomic E-state index is 0.121. The molecule has 2 aromatic rings. The van der Waals surface area contributed by atoms with Crippen LogP contribution in [0.25, 0.3) is 10.8 Å². The van der Waals surface area contributed by atoms with Crippen molar-refractivity contribution in [1.29, 1.82) is 0 Å². The summed E-state index contributed by atoms with van der Waals surface area (Å²) in [6, 6.07) is 8.74. The van der Waals surface area contributed by atoms with Crippen LogP contribution in [-0.4, -0.2) is 62.1 Å². The Kier molecular flexibility index (Phi) is 8.97. The Bertz CT molecular complexity index is 1390. The van der Waals surface area contributed by atoms with Gasteiger partial charge in [-0.05, 0) is 105 Å². The fraction of sp³-hybridized carbons (Fsp3) is 0.586. The van der Waals surface area contributed by atoms with Gasteiger partial charge in [-0.25, -0.2) is 17.9 Å². The van der Waals surface area contributed by atoms with Crippen molar-refractivity contribution in [3.05, 3.63) is 36.4 Å². The molecule has 1 aliphatic rings. The highest BCUT2D eigenvalue weighted by molar-refractivity contribution is 7.90. The van der Waals surface area contributed by atoms with Gasteiger partial charge in [-0.2, -0.15) is 0 Å². The summed E-state index contributed by atoms with van der Waals surface area (Å²) in [6.07, 6.45) is -1.75. The smallest absolute Gasteiger partial charge is 0.444 e. The Balaban J connectivity index is 1.88. The number of carbonyl (C=O) groups excluding carboxylic acids is 2. The minimum Gasteiger partial charge on any atom is -0.444 e. The summed E-state index contributed by atoms with van der Waals surface area (Å²) in [5.41, 5.74) is -1.81. The lowest BCUT2D eigenvalue weighted by Crippen LogP contribution is -2.56. The van der Waals surface area contributed by atoms with E-state index in [0.29, 0.717) is 5.39 Å².